The van der Waals surface area contributed by atoms with Crippen LogP contribution in [0, 0.1) is 16.2 Å². The van der Waals surface area contributed by atoms with Gasteiger partial charge in [-0.1, -0.05) is 66.8 Å². The number of halogens is 3. The maximum absolute atomic E-state index is 13.6. The molecule has 5 nitrogen and oxygen atoms in total. The summed E-state index contributed by atoms with van der Waals surface area (Å²) in [5, 5.41) is 8.43. The van der Waals surface area contributed by atoms with Gasteiger partial charge in [-0.25, -0.2) is 4.79 Å². The predicted octanol–water partition coefficient (Wildman–Crippen LogP) is 7.01. The van der Waals surface area contributed by atoms with E-state index in [0.717, 1.165) is 6.42 Å². The summed E-state index contributed by atoms with van der Waals surface area (Å²) in [5.41, 5.74) is 0.0303. The van der Waals surface area contributed by atoms with Crippen molar-refractivity contribution in [2.45, 2.75) is 40.0 Å². The van der Waals surface area contributed by atoms with Gasteiger partial charge in [0.2, 0.25) is 5.91 Å². The molecule has 2 unspecified atom stereocenters. The third kappa shape index (κ3) is 3.42. The molecule has 2 saturated carbocycles. The van der Waals surface area contributed by atoms with Crippen LogP contribution in [0.3, 0.4) is 0 Å². The number of hydrogen-bond donors (Lipinski definition) is 1. The SMILES string of the molecule is CC12CCC(C(=O)Nc3cccc(Cl)c3Cl)(C/C1=N\OC(=O)c1ccc(Cl)cc1)C2(C)C. The van der Waals surface area contributed by atoms with E-state index in [1.54, 1.807) is 42.5 Å². The van der Waals surface area contributed by atoms with Crippen LogP contribution in [0.1, 0.15) is 50.4 Å². The lowest BCUT2D eigenvalue weighted by molar-refractivity contribution is -0.130. The van der Waals surface area contributed by atoms with E-state index in [2.05, 4.69) is 31.2 Å². The zero-order valence-electron chi connectivity index (χ0n) is 18.0. The van der Waals surface area contributed by atoms with Gasteiger partial charge in [-0.2, -0.15) is 0 Å². The minimum absolute atomic E-state index is 0.135. The van der Waals surface area contributed by atoms with E-state index in [-0.39, 0.29) is 11.3 Å². The van der Waals surface area contributed by atoms with Crippen molar-refractivity contribution in [1.82, 2.24) is 0 Å². The smallest absolute Gasteiger partial charge is 0.324 e. The Morgan fingerprint density at radius 2 is 1.69 bits per heavy atom. The van der Waals surface area contributed by atoms with Gasteiger partial charge in [-0.15, -0.1) is 0 Å². The summed E-state index contributed by atoms with van der Waals surface area (Å²) in [4.78, 5) is 31.3. The number of carbonyl (C=O) groups excluding carboxylic acids is 2. The average Bonchev–Trinajstić information content (AvgIpc) is 3.06. The van der Waals surface area contributed by atoms with Crippen LogP contribution in [0.5, 0.6) is 0 Å². The normalized spacial score (nSPS) is 26.9. The molecule has 2 aliphatic carbocycles. The van der Waals surface area contributed by atoms with Crippen molar-refractivity contribution in [3.05, 3.63) is 63.1 Å². The lowest BCUT2D eigenvalue weighted by Gasteiger charge is -2.39. The van der Waals surface area contributed by atoms with Crippen molar-refractivity contribution in [2.75, 3.05) is 5.32 Å². The first-order valence-electron chi connectivity index (χ1n) is 10.3. The monoisotopic (exact) mass is 492 g/mol. The number of hydrogen-bond acceptors (Lipinski definition) is 4. The van der Waals surface area contributed by atoms with E-state index in [4.69, 9.17) is 39.6 Å². The van der Waals surface area contributed by atoms with Crippen LogP contribution < -0.4 is 5.32 Å². The van der Waals surface area contributed by atoms with Gasteiger partial charge in [0, 0.05) is 16.9 Å². The second-order valence-corrected chi connectivity index (χ2v) is 10.4. The molecule has 2 fully saturated rings. The molecule has 8 heteroatoms. The molecule has 0 saturated heterocycles. The molecule has 2 atom stereocenters. The maximum atomic E-state index is 13.6. The highest BCUT2D eigenvalue weighted by atomic mass is 35.5. The highest BCUT2D eigenvalue weighted by Gasteiger charge is 2.71. The Bertz CT molecular complexity index is 1130. The molecule has 1 N–H and O–H groups in total. The first-order chi connectivity index (χ1) is 15.0. The standard InChI is InChI=1S/C24H23Cl3N2O3/c1-22(2)23(3)11-12-24(22,21(31)28-17-6-4-5-16(26)19(17)27)13-18(23)29-32-20(30)14-7-9-15(25)10-8-14/h4-10H,11-13H2,1-3H3,(H,28,31)/b29-18+. The van der Waals surface area contributed by atoms with Gasteiger partial charge in [0.1, 0.15) is 0 Å². The maximum Gasteiger partial charge on any atom is 0.365 e. The highest BCUT2D eigenvalue weighted by molar-refractivity contribution is 6.44. The van der Waals surface area contributed by atoms with Crippen molar-refractivity contribution in [1.29, 1.82) is 0 Å². The summed E-state index contributed by atoms with van der Waals surface area (Å²) in [5.74, 6) is -0.702. The molecule has 4 rings (SSSR count). The quantitative estimate of drug-likeness (QED) is 0.368. The van der Waals surface area contributed by atoms with Gasteiger partial charge >= 0.3 is 5.97 Å². The number of nitrogens with zero attached hydrogens (tertiary/aromatic N) is 1. The Balaban J connectivity index is 1.60. The van der Waals surface area contributed by atoms with Crippen molar-refractivity contribution in [3.8, 4) is 0 Å². The average molecular weight is 494 g/mol. The highest BCUT2D eigenvalue weighted by Crippen LogP contribution is 2.71. The first-order valence-corrected chi connectivity index (χ1v) is 11.4. The van der Waals surface area contributed by atoms with E-state index >= 15 is 0 Å². The van der Waals surface area contributed by atoms with Gasteiger partial charge in [-0.05, 0) is 54.7 Å². The fourth-order valence-corrected chi connectivity index (χ4v) is 5.57. The van der Waals surface area contributed by atoms with Crippen LogP contribution in [-0.4, -0.2) is 17.6 Å². The summed E-state index contributed by atoms with van der Waals surface area (Å²) < 4.78 is 0. The largest absolute Gasteiger partial charge is 0.365 e. The summed E-state index contributed by atoms with van der Waals surface area (Å²) in [6.45, 7) is 6.22. The molecule has 1 amide bonds. The van der Waals surface area contributed by atoms with E-state index in [1.165, 1.54) is 0 Å². The van der Waals surface area contributed by atoms with Gasteiger partial charge in [-0.3, -0.25) is 4.79 Å². The molecule has 0 heterocycles. The molecular weight excluding hydrogens is 471 g/mol. The van der Waals surface area contributed by atoms with Crippen molar-refractivity contribution in [2.24, 2.45) is 21.4 Å². The number of rotatable bonds is 4. The summed E-state index contributed by atoms with van der Waals surface area (Å²) in [6, 6.07) is 11.5. The minimum Gasteiger partial charge on any atom is -0.324 e. The number of amides is 1. The van der Waals surface area contributed by atoms with Gasteiger partial charge < -0.3 is 10.2 Å². The molecule has 0 spiro atoms. The van der Waals surface area contributed by atoms with Crippen LogP contribution in [0.25, 0.3) is 0 Å². The number of anilines is 1. The number of oxime groups is 1. The predicted molar refractivity (Wildman–Crippen MR) is 128 cm³/mol. The van der Waals surface area contributed by atoms with Gasteiger partial charge in [0.15, 0.2) is 0 Å². The number of benzene rings is 2. The number of nitrogens with one attached hydrogen (secondary N) is 1. The molecule has 2 aliphatic rings. The number of carbonyl (C=O) groups is 2. The zero-order valence-corrected chi connectivity index (χ0v) is 20.2. The molecule has 2 aromatic rings. The molecule has 0 radical (unpaired) electrons. The van der Waals surface area contributed by atoms with Crippen molar-refractivity contribution < 1.29 is 14.4 Å². The molecular formula is C24H23Cl3N2O3. The fraction of sp³-hybridized carbons (Fsp3) is 0.375. The molecule has 0 aromatic heterocycles. The van der Waals surface area contributed by atoms with E-state index in [0.29, 0.717) is 44.9 Å². The third-order valence-corrected chi connectivity index (χ3v) is 8.76. The Hall–Kier alpha value is -2.08. The van der Waals surface area contributed by atoms with Crippen LogP contribution in [0.2, 0.25) is 15.1 Å². The molecule has 0 aliphatic heterocycles. The van der Waals surface area contributed by atoms with E-state index < -0.39 is 16.8 Å². The van der Waals surface area contributed by atoms with Crippen LogP contribution >= 0.6 is 34.8 Å². The molecule has 2 bridgehead atoms. The second-order valence-electron chi connectivity index (χ2n) is 9.20. The first kappa shape index (κ1) is 23.1. The van der Waals surface area contributed by atoms with E-state index in [9.17, 15) is 9.59 Å². The third-order valence-electron chi connectivity index (χ3n) is 7.69. The summed E-state index contributed by atoms with van der Waals surface area (Å²) >= 11 is 18.3. The van der Waals surface area contributed by atoms with Crippen molar-refractivity contribution >= 4 is 58.1 Å². The minimum atomic E-state index is -0.709. The van der Waals surface area contributed by atoms with Gasteiger partial charge in [0.05, 0.1) is 32.4 Å². The molecule has 168 valence electrons. The van der Waals surface area contributed by atoms with Crippen molar-refractivity contribution in [3.63, 3.8) is 0 Å². The zero-order chi connectivity index (χ0) is 23.3. The summed E-state index contributed by atoms with van der Waals surface area (Å²) in [6.07, 6.45) is 1.85. The lowest BCUT2D eigenvalue weighted by Crippen LogP contribution is -2.43. The Labute approximate surface area is 202 Å². The molecule has 2 aromatic carbocycles. The van der Waals surface area contributed by atoms with E-state index in [1.807, 2.05) is 0 Å². The lowest BCUT2D eigenvalue weighted by atomic mass is 9.64. The fourth-order valence-electron chi connectivity index (χ4n) is 5.10. The summed E-state index contributed by atoms with van der Waals surface area (Å²) in [7, 11) is 0. The Morgan fingerprint density at radius 1 is 1.00 bits per heavy atom. The van der Waals surface area contributed by atoms with Crippen LogP contribution in [0.15, 0.2) is 47.6 Å². The topological polar surface area (TPSA) is 67.8 Å². The van der Waals surface area contributed by atoms with Gasteiger partial charge in [0.25, 0.3) is 0 Å². The van der Waals surface area contributed by atoms with Crippen LogP contribution in [-0.2, 0) is 9.63 Å². The van der Waals surface area contributed by atoms with Crippen LogP contribution in [0.4, 0.5) is 5.69 Å². The molecule has 32 heavy (non-hydrogen) atoms. The Kier molecular flexibility index (Phi) is 5.81. The second kappa shape index (κ2) is 8.05. The Morgan fingerprint density at radius 3 is 2.38 bits per heavy atom. The number of fused-ring (bicyclic) bond motifs is 2.